The van der Waals surface area contributed by atoms with Crippen LogP contribution in [0.1, 0.15) is 47.0 Å². The van der Waals surface area contributed by atoms with Crippen molar-refractivity contribution < 1.29 is 4.79 Å². The van der Waals surface area contributed by atoms with Crippen LogP contribution < -0.4 is 0 Å². The molecule has 12 heavy (non-hydrogen) atoms. The molecule has 0 atom stereocenters. The summed E-state index contributed by atoms with van der Waals surface area (Å²) in [5, 5.41) is 0. The van der Waals surface area contributed by atoms with Gasteiger partial charge in [-0.3, -0.25) is 4.79 Å². The number of ketones is 1. The molecule has 0 amide bonds. The van der Waals surface area contributed by atoms with Gasteiger partial charge in [-0.25, -0.2) is 0 Å². The molecule has 0 aromatic heterocycles. The molecular formula is C11H18O. The molecule has 0 aromatic carbocycles. The monoisotopic (exact) mass is 166 g/mol. The third-order valence-corrected chi connectivity index (χ3v) is 2.74. The van der Waals surface area contributed by atoms with Crippen LogP contribution in [0.3, 0.4) is 0 Å². The molecule has 0 N–H and O–H groups in total. The Morgan fingerprint density at radius 1 is 1.42 bits per heavy atom. The minimum absolute atomic E-state index is 0.267. The second kappa shape index (κ2) is 3.04. The van der Waals surface area contributed by atoms with Crippen LogP contribution in [0.15, 0.2) is 11.1 Å². The second-order valence-corrected chi connectivity index (χ2v) is 4.66. The van der Waals surface area contributed by atoms with Crippen molar-refractivity contribution in [2.24, 2.45) is 5.41 Å². The Morgan fingerprint density at radius 3 is 2.42 bits per heavy atom. The summed E-state index contributed by atoms with van der Waals surface area (Å²) in [7, 11) is 0. The van der Waals surface area contributed by atoms with Crippen molar-refractivity contribution in [3.63, 3.8) is 0 Å². The SMILES string of the molecule is CC(=O)C1=C(C)CC(C)(C)CC1. The zero-order chi connectivity index (χ0) is 9.35. The maximum absolute atomic E-state index is 11.2. The molecule has 0 fully saturated rings. The molecule has 68 valence electrons. The van der Waals surface area contributed by atoms with E-state index in [9.17, 15) is 4.79 Å². The molecule has 0 saturated carbocycles. The van der Waals surface area contributed by atoms with Gasteiger partial charge in [0.1, 0.15) is 0 Å². The van der Waals surface area contributed by atoms with Crippen molar-refractivity contribution in [1.82, 2.24) is 0 Å². The Balaban J connectivity index is 2.85. The van der Waals surface area contributed by atoms with Gasteiger partial charge in [-0.1, -0.05) is 19.4 Å². The normalized spacial score (nSPS) is 22.7. The summed E-state index contributed by atoms with van der Waals surface area (Å²) < 4.78 is 0. The van der Waals surface area contributed by atoms with Crippen molar-refractivity contribution in [2.45, 2.75) is 47.0 Å². The summed E-state index contributed by atoms with van der Waals surface area (Å²) >= 11 is 0. The first-order valence-electron chi connectivity index (χ1n) is 4.62. The van der Waals surface area contributed by atoms with Gasteiger partial charge in [0.25, 0.3) is 0 Å². The van der Waals surface area contributed by atoms with Gasteiger partial charge in [0.05, 0.1) is 0 Å². The van der Waals surface area contributed by atoms with Crippen LogP contribution in [0.5, 0.6) is 0 Å². The van der Waals surface area contributed by atoms with Gasteiger partial charge in [0, 0.05) is 0 Å². The summed E-state index contributed by atoms with van der Waals surface area (Å²) in [4.78, 5) is 11.2. The van der Waals surface area contributed by atoms with E-state index in [2.05, 4.69) is 20.8 Å². The Morgan fingerprint density at radius 2 is 2.00 bits per heavy atom. The molecular weight excluding hydrogens is 148 g/mol. The lowest BCUT2D eigenvalue weighted by molar-refractivity contribution is -0.114. The van der Waals surface area contributed by atoms with Crippen LogP contribution in [-0.2, 0) is 4.79 Å². The van der Waals surface area contributed by atoms with Gasteiger partial charge in [-0.15, -0.1) is 0 Å². The smallest absolute Gasteiger partial charge is 0.155 e. The molecule has 0 heterocycles. The number of hydrogen-bond donors (Lipinski definition) is 0. The highest BCUT2D eigenvalue weighted by atomic mass is 16.1. The molecule has 1 aliphatic rings. The number of rotatable bonds is 1. The minimum atomic E-state index is 0.267. The van der Waals surface area contributed by atoms with E-state index in [4.69, 9.17) is 0 Å². The summed E-state index contributed by atoms with van der Waals surface area (Å²) in [6.45, 7) is 8.32. The summed E-state index contributed by atoms with van der Waals surface area (Å²) in [6, 6.07) is 0. The van der Waals surface area contributed by atoms with Gasteiger partial charge >= 0.3 is 0 Å². The zero-order valence-electron chi connectivity index (χ0n) is 8.53. The van der Waals surface area contributed by atoms with E-state index in [0.29, 0.717) is 5.41 Å². The summed E-state index contributed by atoms with van der Waals surface area (Å²) in [5.74, 6) is 0.267. The Labute approximate surface area is 74.9 Å². The van der Waals surface area contributed by atoms with Crippen LogP contribution in [0.2, 0.25) is 0 Å². The van der Waals surface area contributed by atoms with E-state index in [0.717, 1.165) is 24.8 Å². The molecule has 1 heteroatoms. The summed E-state index contributed by atoms with van der Waals surface area (Å²) in [5.41, 5.74) is 2.79. The summed E-state index contributed by atoms with van der Waals surface area (Å²) in [6.07, 6.45) is 3.22. The predicted molar refractivity (Wildman–Crippen MR) is 51.0 cm³/mol. The van der Waals surface area contributed by atoms with Crippen molar-refractivity contribution in [2.75, 3.05) is 0 Å². The minimum Gasteiger partial charge on any atom is -0.295 e. The van der Waals surface area contributed by atoms with Crippen molar-refractivity contribution >= 4 is 5.78 Å². The van der Waals surface area contributed by atoms with Crippen LogP contribution in [0.4, 0.5) is 0 Å². The third-order valence-electron chi connectivity index (χ3n) is 2.74. The fourth-order valence-electron chi connectivity index (χ4n) is 2.07. The maximum atomic E-state index is 11.2. The molecule has 1 nitrogen and oxygen atoms in total. The van der Waals surface area contributed by atoms with Gasteiger partial charge in [-0.2, -0.15) is 0 Å². The van der Waals surface area contributed by atoms with Crippen LogP contribution in [-0.4, -0.2) is 5.78 Å². The fraction of sp³-hybridized carbons (Fsp3) is 0.727. The molecule has 0 unspecified atom stereocenters. The molecule has 0 aliphatic heterocycles. The number of carbonyl (C=O) groups excluding carboxylic acids is 1. The van der Waals surface area contributed by atoms with Crippen molar-refractivity contribution in [3.8, 4) is 0 Å². The molecule has 0 bridgehead atoms. The molecule has 0 radical (unpaired) electrons. The van der Waals surface area contributed by atoms with Crippen molar-refractivity contribution in [1.29, 1.82) is 0 Å². The first-order valence-corrected chi connectivity index (χ1v) is 4.62. The number of Topliss-reactive ketones (excluding diaryl/α,β-unsaturated/α-hetero) is 1. The van der Waals surface area contributed by atoms with E-state index in [1.807, 2.05) is 0 Å². The van der Waals surface area contributed by atoms with E-state index in [1.165, 1.54) is 5.57 Å². The van der Waals surface area contributed by atoms with Gasteiger partial charge in [0.15, 0.2) is 5.78 Å². The van der Waals surface area contributed by atoms with E-state index in [-0.39, 0.29) is 5.78 Å². The van der Waals surface area contributed by atoms with Gasteiger partial charge < -0.3 is 0 Å². The number of carbonyl (C=O) groups is 1. The predicted octanol–water partition coefficient (Wildman–Crippen LogP) is 3.10. The average Bonchev–Trinajstić information content (AvgIpc) is 1.83. The third kappa shape index (κ3) is 1.96. The first kappa shape index (κ1) is 9.50. The largest absolute Gasteiger partial charge is 0.295 e. The molecule has 1 rings (SSSR count). The molecule has 0 saturated heterocycles. The molecule has 0 spiro atoms. The lowest BCUT2D eigenvalue weighted by Crippen LogP contribution is -2.19. The van der Waals surface area contributed by atoms with Gasteiger partial charge in [-0.05, 0) is 44.1 Å². The topological polar surface area (TPSA) is 17.1 Å². The highest BCUT2D eigenvalue weighted by Gasteiger charge is 2.26. The highest BCUT2D eigenvalue weighted by Crippen LogP contribution is 2.38. The van der Waals surface area contributed by atoms with Crippen LogP contribution in [0, 0.1) is 5.41 Å². The zero-order valence-corrected chi connectivity index (χ0v) is 8.53. The first-order chi connectivity index (χ1) is 5.42. The standard InChI is InChI=1S/C11H18O/c1-8-7-11(3,4)6-5-10(8)9(2)12/h5-7H2,1-4H3. The fourth-order valence-corrected chi connectivity index (χ4v) is 2.07. The lowest BCUT2D eigenvalue weighted by atomic mass is 9.74. The van der Waals surface area contributed by atoms with Crippen LogP contribution >= 0.6 is 0 Å². The highest BCUT2D eigenvalue weighted by molar-refractivity contribution is 5.94. The average molecular weight is 166 g/mol. The number of hydrogen-bond acceptors (Lipinski definition) is 1. The Bertz CT molecular complexity index is 233. The van der Waals surface area contributed by atoms with E-state index >= 15 is 0 Å². The van der Waals surface area contributed by atoms with Crippen molar-refractivity contribution in [3.05, 3.63) is 11.1 Å². The molecule has 0 aromatic rings. The quantitative estimate of drug-likeness (QED) is 0.585. The Kier molecular flexibility index (Phi) is 2.41. The Hall–Kier alpha value is -0.590. The lowest BCUT2D eigenvalue weighted by Gasteiger charge is -2.31. The van der Waals surface area contributed by atoms with E-state index < -0.39 is 0 Å². The molecule has 1 aliphatic carbocycles. The number of allylic oxidation sites excluding steroid dienone is 2. The van der Waals surface area contributed by atoms with E-state index in [1.54, 1.807) is 6.92 Å². The van der Waals surface area contributed by atoms with Crippen LogP contribution in [0.25, 0.3) is 0 Å². The maximum Gasteiger partial charge on any atom is 0.155 e. The second-order valence-electron chi connectivity index (χ2n) is 4.66. The van der Waals surface area contributed by atoms with Gasteiger partial charge in [0.2, 0.25) is 0 Å².